The lowest BCUT2D eigenvalue weighted by Crippen LogP contribution is -2.57. The molecule has 1 atom stereocenters. The molecule has 2 aliphatic rings. The van der Waals surface area contributed by atoms with E-state index in [-0.39, 0.29) is 17.7 Å². The number of aliphatic hydroxyl groups is 1. The van der Waals surface area contributed by atoms with Gasteiger partial charge in [0, 0.05) is 39.3 Å². The van der Waals surface area contributed by atoms with E-state index >= 15 is 0 Å². The molecule has 2 aliphatic heterocycles. The van der Waals surface area contributed by atoms with E-state index in [4.69, 9.17) is 0 Å². The van der Waals surface area contributed by atoms with Crippen LogP contribution in [0.15, 0.2) is 48.5 Å². The lowest BCUT2D eigenvalue weighted by molar-refractivity contribution is -0.0278. The summed E-state index contributed by atoms with van der Waals surface area (Å²) in [4.78, 5) is 4.69. The molecule has 2 heterocycles. The minimum absolute atomic E-state index is 0.0437. The molecule has 0 aliphatic carbocycles. The zero-order valence-electron chi connectivity index (χ0n) is 16.7. The van der Waals surface area contributed by atoms with Crippen LogP contribution in [0.4, 0.5) is 8.78 Å². The molecule has 2 aromatic carbocycles. The van der Waals surface area contributed by atoms with E-state index in [9.17, 15) is 13.9 Å². The van der Waals surface area contributed by atoms with Gasteiger partial charge >= 0.3 is 0 Å². The Labute approximate surface area is 171 Å². The smallest absolute Gasteiger partial charge is 0.123 e. The summed E-state index contributed by atoms with van der Waals surface area (Å²) in [5.74, 6) is -0.517. The summed E-state index contributed by atoms with van der Waals surface area (Å²) in [6.07, 6.45) is 1.85. The Morgan fingerprint density at radius 3 is 1.93 bits per heavy atom. The Kier molecular flexibility index (Phi) is 6.25. The fourth-order valence-electron chi connectivity index (χ4n) is 4.59. The van der Waals surface area contributed by atoms with Crippen molar-refractivity contribution < 1.29 is 13.9 Å². The highest BCUT2D eigenvalue weighted by Gasteiger charge is 2.33. The predicted molar refractivity (Wildman–Crippen MR) is 110 cm³/mol. The maximum absolute atomic E-state index is 13.5. The number of hydrogen-bond acceptors (Lipinski definition) is 4. The zero-order chi connectivity index (χ0) is 20.3. The van der Waals surface area contributed by atoms with Crippen molar-refractivity contribution in [3.8, 4) is 0 Å². The van der Waals surface area contributed by atoms with Gasteiger partial charge in [-0.15, -0.1) is 0 Å². The number of rotatable bonds is 5. The van der Waals surface area contributed by atoms with Crippen molar-refractivity contribution in [1.29, 1.82) is 0 Å². The standard InChI is InChI=1S/C23H29F2N3O/c24-20-6-2-18(3-7-20)22(19-4-8-21(25)9-5-19)28-14-12-27(13-15-28)17-23(29)10-1-11-26-16-23/h2-9,22,26,29H,1,10-17H2/t23-/m0/s1. The first-order valence-electron chi connectivity index (χ1n) is 10.4. The summed E-state index contributed by atoms with van der Waals surface area (Å²) in [6, 6.07) is 13.1. The number of piperazine rings is 1. The maximum Gasteiger partial charge on any atom is 0.123 e. The van der Waals surface area contributed by atoms with E-state index in [1.165, 1.54) is 24.3 Å². The van der Waals surface area contributed by atoms with E-state index in [0.29, 0.717) is 13.1 Å². The fraction of sp³-hybridized carbons (Fsp3) is 0.478. The predicted octanol–water partition coefficient (Wildman–Crippen LogP) is 2.79. The summed E-state index contributed by atoms with van der Waals surface area (Å²) >= 11 is 0. The summed E-state index contributed by atoms with van der Waals surface area (Å²) in [7, 11) is 0. The van der Waals surface area contributed by atoms with Gasteiger partial charge in [0.2, 0.25) is 0 Å². The third-order valence-electron chi connectivity index (χ3n) is 6.11. The van der Waals surface area contributed by atoms with Gasteiger partial charge in [0.1, 0.15) is 11.6 Å². The molecule has 4 rings (SSSR count). The molecule has 2 aromatic rings. The van der Waals surface area contributed by atoms with Crippen molar-refractivity contribution in [2.45, 2.75) is 24.5 Å². The van der Waals surface area contributed by atoms with Crippen LogP contribution in [-0.4, -0.2) is 66.3 Å². The van der Waals surface area contributed by atoms with Gasteiger partial charge in [-0.2, -0.15) is 0 Å². The Bertz CT molecular complexity index is 737. The molecule has 0 radical (unpaired) electrons. The molecule has 0 spiro atoms. The number of nitrogens with zero attached hydrogens (tertiary/aromatic N) is 2. The largest absolute Gasteiger partial charge is 0.387 e. The van der Waals surface area contributed by atoms with Crippen LogP contribution in [0, 0.1) is 11.6 Å². The van der Waals surface area contributed by atoms with Crippen molar-refractivity contribution in [2.75, 3.05) is 45.8 Å². The lowest BCUT2D eigenvalue weighted by atomic mass is 9.93. The average molecular weight is 402 g/mol. The first kappa shape index (κ1) is 20.4. The summed E-state index contributed by atoms with van der Waals surface area (Å²) in [5, 5.41) is 14.1. The fourth-order valence-corrected chi connectivity index (χ4v) is 4.59. The second-order valence-electron chi connectivity index (χ2n) is 8.32. The van der Waals surface area contributed by atoms with Crippen molar-refractivity contribution in [2.24, 2.45) is 0 Å². The molecule has 0 aromatic heterocycles. The summed E-state index contributed by atoms with van der Waals surface area (Å²) in [6.45, 7) is 5.72. The van der Waals surface area contributed by atoms with Gasteiger partial charge in [-0.3, -0.25) is 9.80 Å². The quantitative estimate of drug-likeness (QED) is 0.808. The molecule has 29 heavy (non-hydrogen) atoms. The normalized spacial score (nSPS) is 24.1. The Balaban J connectivity index is 1.47. The number of nitrogens with one attached hydrogen (secondary N) is 1. The van der Waals surface area contributed by atoms with Crippen molar-refractivity contribution in [3.63, 3.8) is 0 Å². The minimum atomic E-state index is -0.645. The Morgan fingerprint density at radius 1 is 0.897 bits per heavy atom. The second kappa shape index (κ2) is 8.88. The third kappa shape index (κ3) is 5.01. The number of β-amino-alcohol motifs (C(OH)–C–C–N with tert-alkyl or cyclic N) is 1. The SMILES string of the molecule is O[C@@]1(CN2CCN(C(c3ccc(F)cc3)c3ccc(F)cc3)CC2)CCCNC1. The maximum atomic E-state index is 13.5. The lowest BCUT2D eigenvalue weighted by Gasteiger charge is -2.43. The second-order valence-corrected chi connectivity index (χ2v) is 8.32. The van der Waals surface area contributed by atoms with Crippen LogP contribution in [-0.2, 0) is 0 Å². The molecule has 2 saturated heterocycles. The molecule has 2 N–H and O–H groups in total. The topological polar surface area (TPSA) is 38.7 Å². The van der Waals surface area contributed by atoms with Gasteiger partial charge in [0.25, 0.3) is 0 Å². The van der Waals surface area contributed by atoms with E-state index in [2.05, 4.69) is 15.1 Å². The number of halogens is 2. The first-order chi connectivity index (χ1) is 14.0. The zero-order valence-corrected chi connectivity index (χ0v) is 16.7. The van der Waals surface area contributed by atoms with Crippen LogP contribution < -0.4 is 5.32 Å². The van der Waals surface area contributed by atoms with Crippen LogP contribution in [0.1, 0.15) is 30.0 Å². The van der Waals surface area contributed by atoms with E-state index in [1.807, 2.05) is 24.3 Å². The van der Waals surface area contributed by atoms with Gasteiger partial charge in [0.15, 0.2) is 0 Å². The Hall–Kier alpha value is -1.86. The van der Waals surface area contributed by atoms with Crippen LogP contribution in [0.2, 0.25) is 0 Å². The highest BCUT2D eigenvalue weighted by Crippen LogP contribution is 2.30. The van der Waals surface area contributed by atoms with Crippen LogP contribution in [0.3, 0.4) is 0 Å². The van der Waals surface area contributed by atoms with Crippen LogP contribution in [0.5, 0.6) is 0 Å². The summed E-state index contributed by atoms with van der Waals surface area (Å²) in [5.41, 5.74) is 1.36. The monoisotopic (exact) mass is 401 g/mol. The van der Waals surface area contributed by atoms with Crippen molar-refractivity contribution in [3.05, 3.63) is 71.3 Å². The van der Waals surface area contributed by atoms with Gasteiger partial charge in [0.05, 0.1) is 11.6 Å². The van der Waals surface area contributed by atoms with E-state index in [0.717, 1.165) is 56.7 Å². The van der Waals surface area contributed by atoms with E-state index < -0.39 is 5.60 Å². The molecule has 0 saturated carbocycles. The van der Waals surface area contributed by atoms with Gasteiger partial charge in [-0.25, -0.2) is 8.78 Å². The van der Waals surface area contributed by atoms with E-state index in [1.54, 1.807) is 0 Å². The van der Waals surface area contributed by atoms with Gasteiger partial charge in [-0.1, -0.05) is 24.3 Å². The molecule has 0 bridgehead atoms. The summed E-state index contributed by atoms with van der Waals surface area (Å²) < 4.78 is 26.9. The number of benzene rings is 2. The third-order valence-corrected chi connectivity index (χ3v) is 6.11. The molecule has 2 fully saturated rings. The first-order valence-corrected chi connectivity index (χ1v) is 10.4. The minimum Gasteiger partial charge on any atom is -0.387 e. The highest BCUT2D eigenvalue weighted by molar-refractivity contribution is 5.32. The molecule has 0 amide bonds. The number of piperidine rings is 1. The van der Waals surface area contributed by atoms with Crippen molar-refractivity contribution in [1.82, 2.24) is 15.1 Å². The van der Waals surface area contributed by atoms with Crippen LogP contribution >= 0.6 is 0 Å². The highest BCUT2D eigenvalue weighted by atomic mass is 19.1. The average Bonchev–Trinajstić information content (AvgIpc) is 2.72. The molecule has 0 unspecified atom stereocenters. The molecule has 4 nitrogen and oxygen atoms in total. The molecule has 6 heteroatoms. The Morgan fingerprint density at radius 2 is 1.45 bits per heavy atom. The van der Waals surface area contributed by atoms with Gasteiger partial charge < -0.3 is 10.4 Å². The molecular formula is C23H29F2N3O. The van der Waals surface area contributed by atoms with Gasteiger partial charge in [-0.05, 0) is 54.8 Å². The molecule has 156 valence electrons. The molecular weight excluding hydrogens is 372 g/mol. The van der Waals surface area contributed by atoms with Crippen molar-refractivity contribution >= 4 is 0 Å². The number of hydrogen-bond donors (Lipinski definition) is 2. The van der Waals surface area contributed by atoms with Crippen LogP contribution in [0.25, 0.3) is 0 Å².